The molecule has 0 unspecified atom stereocenters. The van der Waals surface area contributed by atoms with Gasteiger partial charge in [0, 0.05) is 59.2 Å². The van der Waals surface area contributed by atoms with E-state index in [0.717, 1.165) is 63.7 Å². The maximum absolute atomic E-state index is 11.4. The van der Waals surface area contributed by atoms with Crippen LogP contribution in [0.5, 0.6) is 0 Å². The van der Waals surface area contributed by atoms with Crippen LogP contribution < -0.4 is 10.2 Å². The first kappa shape index (κ1) is 17.5. The lowest BCUT2D eigenvalue weighted by atomic mass is 10.1. The number of nitrogens with one attached hydrogen (secondary N) is 1. The SMILES string of the molecule is CC(=O)N1CCC(Nc2cccc(N3CCN(C(C)=O)CC3)n2)CC1. The Bertz CT molecular complexity index is 620. The van der Waals surface area contributed by atoms with E-state index in [2.05, 4.69) is 10.2 Å². The third-order valence-electron chi connectivity index (χ3n) is 5.08. The Hall–Kier alpha value is -2.31. The molecule has 0 aromatic carbocycles. The first-order valence-electron chi connectivity index (χ1n) is 9.02. The summed E-state index contributed by atoms with van der Waals surface area (Å²) in [6.07, 6.45) is 1.89. The van der Waals surface area contributed by atoms with E-state index >= 15 is 0 Å². The second-order valence-corrected chi connectivity index (χ2v) is 6.80. The highest BCUT2D eigenvalue weighted by Gasteiger charge is 2.22. The molecule has 0 radical (unpaired) electrons. The number of nitrogens with zero attached hydrogens (tertiary/aromatic N) is 4. The molecule has 7 nitrogen and oxygen atoms in total. The predicted molar refractivity (Wildman–Crippen MR) is 97.6 cm³/mol. The molecular formula is C18H27N5O2. The summed E-state index contributed by atoms with van der Waals surface area (Å²) in [5, 5.41) is 3.51. The van der Waals surface area contributed by atoms with Gasteiger partial charge in [0.05, 0.1) is 0 Å². The number of amides is 2. The molecular weight excluding hydrogens is 318 g/mol. The lowest BCUT2D eigenvalue weighted by molar-refractivity contribution is -0.130. The first-order chi connectivity index (χ1) is 12.0. The fourth-order valence-electron chi connectivity index (χ4n) is 3.48. The van der Waals surface area contributed by atoms with Crippen molar-refractivity contribution >= 4 is 23.5 Å². The number of likely N-dealkylation sites (tertiary alicyclic amines) is 1. The topological polar surface area (TPSA) is 68.8 Å². The number of carbonyl (C=O) groups excluding carboxylic acids is 2. The second-order valence-electron chi connectivity index (χ2n) is 6.80. The minimum atomic E-state index is 0.139. The molecule has 2 aliphatic rings. The van der Waals surface area contributed by atoms with Gasteiger partial charge in [0.25, 0.3) is 0 Å². The number of piperidine rings is 1. The molecule has 0 spiro atoms. The van der Waals surface area contributed by atoms with Crippen LogP contribution in [0.1, 0.15) is 26.7 Å². The molecule has 0 aliphatic carbocycles. The van der Waals surface area contributed by atoms with E-state index in [1.54, 1.807) is 13.8 Å². The lowest BCUT2D eigenvalue weighted by Crippen LogP contribution is -2.48. The van der Waals surface area contributed by atoms with Crippen molar-refractivity contribution in [3.63, 3.8) is 0 Å². The Morgan fingerprint density at radius 2 is 1.56 bits per heavy atom. The Kier molecular flexibility index (Phi) is 5.40. The number of anilines is 2. The number of pyridine rings is 1. The van der Waals surface area contributed by atoms with Gasteiger partial charge in [-0.3, -0.25) is 9.59 Å². The predicted octanol–water partition coefficient (Wildman–Crippen LogP) is 1.17. The van der Waals surface area contributed by atoms with Gasteiger partial charge in [-0.2, -0.15) is 0 Å². The second kappa shape index (κ2) is 7.72. The fraction of sp³-hybridized carbons (Fsp3) is 0.611. The van der Waals surface area contributed by atoms with Gasteiger partial charge in [0.15, 0.2) is 0 Å². The van der Waals surface area contributed by atoms with Crippen molar-refractivity contribution in [3.05, 3.63) is 18.2 Å². The Labute approximate surface area is 149 Å². The molecule has 25 heavy (non-hydrogen) atoms. The molecule has 136 valence electrons. The number of hydrogen-bond acceptors (Lipinski definition) is 5. The number of hydrogen-bond donors (Lipinski definition) is 1. The van der Waals surface area contributed by atoms with Crippen molar-refractivity contribution < 1.29 is 9.59 Å². The molecule has 2 aliphatic heterocycles. The molecule has 7 heteroatoms. The number of piperazine rings is 1. The monoisotopic (exact) mass is 345 g/mol. The smallest absolute Gasteiger partial charge is 0.219 e. The Balaban J connectivity index is 1.55. The van der Waals surface area contributed by atoms with Crippen molar-refractivity contribution in [1.29, 1.82) is 0 Å². The van der Waals surface area contributed by atoms with Gasteiger partial charge >= 0.3 is 0 Å². The lowest BCUT2D eigenvalue weighted by Gasteiger charge is -2.35. The van der Waals surface area contributed by atoms with Crippen molar-refractivity contribution in [2.75, 3.05) is 49.5 Å². The Morgan fingerprint density at radius 1 is 0.960 bits per heavy atom. The maximum atomic E-state index is 11.4. The quantitative estimate of drug-likeness (QED) is 0.891. The summed E-state index contributed by atoms with van der Waals surface area (Å²) in [4.78, 5) is 33.6. The molecule has 1 N–H and O–H groups in total. The van der Waals surface area contributed by atoms with Crippen LogP contribution in [0, 0.1) is 0 Å². The molecule has 2 fully saturated rings. The molecule has 3 rings (SSSR count). The third kappa shape index (κ3) is 4.41. The van der Waals surface area contributed by atoms with Crippen LogP contribution in [0.3, 0.4) is 0 Å². The van der Waals surface area contributed by atoms with Crippen molar-refractivity contribution in [2.24, 2.45) is 0 Å². The van der Waals surface area contributed by atoms with Gasteiger partial charge in [-0.1, -0.05) is 6.07 Å². The number of carbonyl (C=O) groups is 2. The van der Waals surface area contributed by atoms with E-state index in [1.807, 2.05) is 28.0 Å². The van der Waals surface area contributed by atoms with E-state index in [-0.39, 0.29) is 11.8 Å². The van der Waals surface area contributed by atoms with Crippen LogP contribution in [0.2, 0.25) is 0 Å². The van der Waals surface area contributed by atoms with Gasteiger partial charge in [-0.05, 0) is 25.0 Å². The van der Waals surface area contributed by atoms with Crippen LogP contribution in [0.25, 0.3) is 0 Å². The third-order valence-corrected chi connectivity index (χ3v) is 5.08. The minimum Gasteiger partial charge on any atom is -0.367 e. The van der Waals surface area contributed by atoms with Gasteiger partial charge in [0.1, 0.15) is 11.6 Å². The summed E-state index contributed by atoms with van der Waals surface area (Å²) < 4.78 is 0. The van der Waals surface area contributed by atoms with Gasteiger partial charge < -0.3 is 20.0 Å². The van der Waals surface area contributed by atoms with E-state index < -0.39 is 0 Å². The largest absolute Gasteiger partial charge is 0.367 e. The van der Waals surface area contributed by atoms with E-state index in [1.165, 1.54) is 0 Å². The highest BCUT2D eigenvalue weighted by Crippen LogP contribution is 2.19. The summed E-state index contributed by atoms with van der Waals surface area (Å²) in [7, 11) is 0. The number of aromatic nitrogens is 1. The van der Waals surface area contributed by atoms with Crippen LogP contribution in [-0.2, 0) is 9.59 Å². The van der Waals surface area contributed by atoms with E-state index in [0.29, 0.717) is 6.04 Å². The highest BCUT2D eigenvalue weighted by molar-refractivity contribution is 5.73. The summed E-state index contributed by atoms with van der Waals surface area (Å²) in [6.45, 7) is 7.98. The van der Waals surface area contributed by atoms with Crippen LogP contribution in [-0.4, -0.2) is 71.9 Å². The number of rotatable bonds is 3. The zero-order chi connectivity index (χ0) is 17.8. The van der Waals surface area contributed by atoms with E-state index in [4.69, 9.17) is 4.98 Å². The van der Waals surface area contributed by atoms with Crippen LogP contribution in [0.15, 0.2) is 18.2 Å². The molecule has 1 aromatic heterocycles. The fourth-order valence-corrected chi connectivity index (χ4v) is 3.48. The first-order valence-corrected chi connectivity index (χ1v) is 9.02. The minimum absolute atomic E-state index is 0.139. The summed E-state index contributed by atoms with van der Waals surface area (Å²) in [6, 6.07) is 6.39. The molecule has 3 heterocycles. The molecule has 2 amide bonds. The van der Waals surface area contributed by atoms with Crippen LogP contribution in [0.4, 0.5) is 11.6 Å². The normalized spacial score (nSPS) is 19.0. The Morgan fingerprint density at radius 3 is 2.16 bits per heavy atom. The zero-order valence-electron chi connectivity index (χ0n) is 15.1. The molecule has 0 atom stereocenters. The summed E-state index contributed by atoms with van der Waals surface area (Å²) >= 11 is 0. The van der Waals surface area contributed by atoms with Crippen molar-refractivity contribution in [3.8, 4) is 0 Å². The summed E-state index contributed by atoms with van der Waals surface area (Å²) in [5.41, 5.74) is 0. The molecule has 1 aromatic rings. The molecule has 0 bridgehead atoms. The molecule has 2 saturated heterocycles. The van der Waals surface area contributed by atoms with Gasteiger partial charge in [-0.25, -0.2) is 4.98 Å². The average molecular weight is 345 g/mol. The highest BCUT2D eigenvalue weighted by atomic mass is 16.2. The zero-order valence-corrected chi connectivity index (χ0v) is 15.1. The van der Waals surface area contributed by atoms with Crippen molar-refractivity contribution in [2.45, 2.75) is 32.7 Å². The average Bonchev–Trinajstić information content (AvgIpc) is 2.62. The van der Waals surface area contributed by atoms with Crippen molar-refractivity contribution in [1.82, 2.24) is 14.8 Å². The van der Waals surface area contributed by atoms with Gasteiger partial charge in [-0.15, -0.1) is 0 Å². The standard InChI is InChI=1S/C18H27N5O2/c1-14(24)21-8-6-16(7-9-21)19-17-4-3-5-18(20-17)23-12-10-22(11-13-23)15(2)25/h3-5,16H,6-13H2,1-2H3,(H,19,20). The maximum Gasteiger partial charge on any atom is 0.219 e. The van der Waals surface area contributed by atoms with E-state index in [9.17, 15) is 9.59 Å². The molecule has 0 saturated carbocycles. The van der Waals surface area contributed by atoms with Crippen LogP contribution >= 0.6 is 0 Å². The summed E-state index contributed by atoms with van der Waals surface area (Å²) in [5.74, 6) is 2.13. The van der Waals surface area contributed by atoms with Gasteiger partial charge in [0.2, 0.25) is 11.8 Å².